The van der Waals surface area contributed by atoms with Gasteiger partial charge in [-0.3, -0.25) is 9.69 Å². The predicted octanol–water partition coefficient (Wildman–Crippen LogP) is 1.40. The van der Waals surface area contributed by atoms with Crippen LogP contribution in [0.2, 0.25) is 0 Å². The van der Waals surface area contributed by atoms with E-state index in [1.807, 2.05) is 48.5 Å². The van der Waals surface area contributed by atoms with Crippen LogP contribution in [0.3, 0.4) is 0 Å². The average molecular weight is 473 g/mol. The Morgan fingerprint density at radius 2 is 1.85 bits per heavy atom. The molecule has 2 aromatic rings. The number of benzene rings is 2. The number of nitrogens with zero attached hydrogens (tertiary/aromatic N) is 1. The highest BCUT2D eigenvalue weighted by Gasteiger charge is 2.49. The number of primary amides is 1. The number of urea groups is 1. The van der Waals surface area contributed by atoms with Crippen LogP contribution in [0.1, 0.15) is 35.4 Å². The van der Waals surface area contributed by atoms with Crippen LogP contribution < -0.4 is 20.5 Å². The van der Waals surface area contributed by atoms with Gasteiger partial charge in [-0.1, -0.05) is 36.4 Å². The number of rotatable bonds is 10. The van der Waals surface area contributed by atoms with E-state index >= 15 is 0 Å². The smallest absolute Gasteiger partial charge is 0.319 e. The van der Waals surface area contributed by atoms with Crippen molar-refractivity contribution >= 4 is 22.0 Å². The molecule has 10 heteroatoms. The molecule has 9 nitrogen and oxygen atoms in total. The number of methoxy groups -OCH3 is 1. The minimum atomic E-state index is -4.11. The van der Waals surface area contributed by atoms with Crippen molar-refractivity contribution in [1.29, 1.82) is 0 Å². The quantitative estimate of drug-likeness (QED) is 0.481. The zero-order valence-electron chi connectivity index (χ0n) is 18.4. The lowest BCUT2D eigenvalue weighted by Gasteiger charge is -2.38. The van der Waals surface area contributed by atoms with E-state index in [9.17, 15) is 18.0 Å². The molecule has 2 fully saturated rings. The highest BCUT2D eigenvalue weighted by atomic mass is 32.2. The van der Waals surface area contributed by atoms with Crippen LogP contribution in [0.5, 0.6) is 5.75 Å². The molecule has 1 saturated heterocycles. The summed E-state index contributed by atoms with van der Waals surface area (Å²) in [5.74, 6) is -0.572. The molecule has 33 heavy (non-hydrogen) atoms. The molecule has 4 N–H and O–H groups in total. The van der Waals surface area contributed by atoms with Crippen LogP contribution >= 0.6 is 0 Å². The summed E-state index contributed by atoms with van der Waals surface area (Å²) in [6.07, 6.45) is 2.78. The third-order valence-electron chi connectivity index (χ3n) is 6.08. The molecule has 3 amide bonds. The number of sulfonamides is 1. The van der Waals surface area contributed by atoms with Crippen LogP contribution in [-0.2, 0) is 26.9 Å². The topological polar surface area (TPSA) is 131 Å². The molecule has 0 aromatic heterocycles. The molecular weight excluding hydrogens is 444 g/mol. The standard InChI is InChI=1S/C23H28N4O5S/c1-32-20-10-2-16(3-11-20)12-13-27-22(29)25-15-23(27,26-33(30,31)14-21(24)28)19-8-6-18(7-9-19)17-4-5-17/h2-3,6-11,17,26H,4-5,12-15H2,1H3,(H2,24,28)(H,25,29). The molecule has 1 heterocycles. The van der Waals surface area contributed by atoms with Crippen molar-refractivity contribution in [2.24, 2.45) is 5.73 Å². The summed E-state index contributed by atoms with van der Waals surface area (Å²) in [4.78, 5) is 25.7. The van der Waals surface area contributed by atoms with Crippen molar-refractivity contribution in [2.45, 2.75) is 30.8 Å². The van der Waals surface area contributed by atoms with Crippen LogP contribution in [-0.4, -0.2) is 51.2 Å². The second-order valence-corrected chi connectivity index (χ2v) is 10.2. The molecule has 176 valence electrons. The summed E-state index contributed by atoms with van der Waals surface area (Å²) in [7, 11) is -2.52. The highest BCUT2D eigenvalue weighted by molar-refractivity contribution is 7.90. The van der Waals surface area contributed by atoms with E-state index in [-0.39, 0.29) is 13.1 Å². The maximum Gasteiger partial charge on any atom is 0.319 e. The van der Waals surface area contributed by atoms with Gasteiger partial charge in [0.2, 0.25) is 15.9 Å². The maximum atomic E-state index is 12.8. The second-order valence-electron chi connectivity index (χ2n) is 8.49. The molecule has 2 aromatic carbocycles. The molecule has 1 saturated carbocycles. The summed E-state index contributed by atoms with van der Waals surface area (Å²) < 4.78 is 33.3. The van der Waals surface area contributed by atoms with Crippen molar-refractivity contribution in [2.75, 3.05) is 26.0 Å². The van der Waals surface area contributed by atoms with Gasteiger partial charge in [0.15, 0.2) is 5.66 Å². The number of amides is 3. The summed E-state index contributed by atoms with van der Waals surface area (Å²) in [5.41, 5.74) is 6.55. The highest BCUT2D eigenvalue weighted by Crippen LogP contribution is 2.41. The van der Waals surface area contributed by atoms with Gasteiger partial charge in [0.05, 0.1) is 13.7 Å². The van der Waals surface area contributed by atoms with Crippen molar-refractivity contribution in [3.8, 4) is 5.75 Å². The van der Waals surface area contributed by atoms with Crippen molar-refractivity contribution < 1.29 is 22.7 Å². The van der Waals surface area contributed by atoms with Crippen molar-refractivity contribution in [3.05, 3.63) is 65.2 Å². The van der Waals surface area contributed by atoms with Crippen LogP contribution in [0.4, 0.5) is 4.79 Å². The second kappa shape index (κ2) is 9.03. The van der Waals surface area contributed by atoms with Gasteiger partial charge < -0.3 is 15.8 Å². The summed E-state index contributed by atoms with van der Waals surface area (Å²) in [5, 5.41) is 2.76. The van der Waals surface area contributed by atoms with Gasteiger partial charge in [-0.25, -0.2) is 13.2 Å². The molecule has 0 spiro atoms. The molecule has 1 aliphatic carbocycles. The first-order valence-electron chi connectivity index (χ1n) is 10.8. The number of ether oxygens (including phenoxy) is 1. The monoisotopic (exact) mass is 472 g/mol. The average Bonchev–Trinajstić information content (AvgIpc) is 3.58. The van der Waals surface area contributed by atoms with Gasteiger partial charge in [-0.05, 0) is 54.0 Å². The third-order valence-corrected chi connectivity index (χ3v) is 7.39. The molecule has 1 atom stereocenters. The molecule has 1 unspecified atom stereocenters. The van der Waals surface area contributed by atoms with E-state index in [2.05, 4.69) is 10.0 Å². The largest absolute Gasteiger partial charge is 0.497 e. The zero-order chi connectivity index (χ0) is 23.6. The lowest BCUT2D eigenvalue weighted by molar-refractivity contribution is -0.115. The maximum absolute atomic E-state index is 12.8. The van der Waals surface area contributed by atoms with Gasteiger partial charge in [0, 0.05) is 6.54 Å². The Hall–Kier alpha value is -3.11. The minimum absolute atomic E-state index is 0.0230. The van der Waals surface area contributed by atoms with Crippen LogP contribution in [0.15, 0.2) is 48.5 Å². The normalized spacial score (nSPS) is 20.5. The fourth-order valence-electron chi connectivity index (χ4n) is 4.23. The summed E-state index contributed by atoms with van der Waals surface area (Å²) in [6.45, 7) is 0.275. The molecule has 2 aliphatic rings. The van der Waals surface area contributed by atoms with E-state index in [4.69, 9.17) is 10.5 Å². The van der Waals surface area contributed by atoms with Crippen molar-refractivity contribution in [3.63, 3.8) is 0 Å². The van der Waals surface area contributed by atoms with E-state index in [1.54, 1.807) is 7.11 Å². The summed E-state index contributed by atoms with van der Waals surface area (Å²) in [6, 6.07) is 14.7. The first-order chi connectivity index (χ1) is 15.7. The van der Waals surface area contributed by atoms with Crippen LogP contribution in [0.25, 0.3) is 0 Å². The molecule has 0 radical (unpaired) electrons. The summed E-state index contributed by atoms with van der Waals surface area (Å²) >= 11 is 0. The number of carbonyl (C=O) groups is 2. The SMILES string of the molecule is COc1ccc(CCN2C(=O)NCC2(NS(=O)(=O)CC(N)=O)c2ccc(C3CC3)cc2)cc1. The van der Waals surface area contributed by atoms with E-state index in [0.717, 1.165) is 24.2 Å². The molecular formula is C23H28N4O5S. The first-order valence-corrected chi connectivity index (χ1v) is 12.5. The number of hydrogen-bond acceptors (Lipinski definition) is 5. The molecule has 4 rings (SSSR count). The Labute approximate surface area is 193 Å². The van der Waals surface area contributed by atoms with E-state index in [1.165, 1.54) is 10.5 Å². The predicted molar refractivity (Wildman–Crippen MR) is 123 cm³/mol. The fourth-order valence-corrected chi connectivity index (χ4v) is 5.49. The Morgan fingerprint density at radius 3 is 2.42 bits per heavy atom. The van der Waals surface area contributed by atoms with E-state index < -0.39 is 33.4 Å². The number of nitrogens with one attached hydrogen (secondary N) is 2. The Morgan fingerprint density at radius 1 is 1.18 bits per heavy atom. The number of carbonyl (C=O) groups excluding carboxylic acids is 2. The van der Waals surface area contributed by atoms with E-state index in [0.29, 0.717) is 17.9 Å². The van der Waals surface area contributed by atoms with Crippen molar-refractivity contribution in [1.82, 2.24) is 14.9 Å². The van der Waals surface area contributed by atoms with Gasteiger partial charge in [-0.2, -0.15) is 4.72 Å². The fraction of sp³-hybridized carbons (Fsp3) is 0.391. The van der Waals surface area contributed by atoms with Crippen LogP contribution in [0, 0.1) is 0 Å². The van der Waals surface area contributed by atoms with Gasteiger partial charge in [-0.15, -0.1) is 0 Å². The number of nitrogens with two attached hydrogens (primary N) is 1. The van der Waals surface area contributed by atoms with Gasteiger partial charge >= 0.3 is 6.03 Å². The minimum Gasteiger partial charge on any atom is -0.497 e. The van der Waals surface area contributed by atoms with Gasteiger partial charge in [0.25, 0.3) is 0 Å². The lowest BCUT2D eigenvalue weighted by atomic mass is 9.97. The lowest BCUT2D eigenvalue weighted by Crippen LogP contribution is -2.58. The van der Waals surface area contributed by atoms with Gasteiger partial charge in [0.1, 0.15) is 11.5 Å². The Balaban J connectivity index is 1.65. The molecule has 0 bridgehead atoms. The number of hydrogen-bond donors (Lipinski definition) is 3. The molecule has 1 aliphatic heterocycles. The Bertz CT molecular complexity index is 1130. The Kier molecular flexibility index (Phi) is 6.31. The zero-order valence-corrected chi connectivity index (χ0v) is 19.2. The first kappa shape index (κ1) is 23.1. The third kappa shape index (κ3) is 5.12.